The van der Waals surface area contributed by atoms with Crippen molar-refractivity contribution in [1.29, 1.82) is 0 Å². The van der Waals surface area contributed by atoms with Gasteiger partial charge in [-0.2, -0.15) is 5.10 Å². The number of ether oxygens (including phenoxy) is 2. The number of rotatable bonds is 6. The molecular formula is C25H24F2N4O5S. The number of benzene rings is 1. The molecule has 0 saturated carbocycles. The Hall–Kier alpha value is -3.77. The van der Waals surface area contributed by atoms with E-state index in [1.165, 1.54) is 23.3 Å². The number of H-pyrrole nitrogens is 1. The zero-order valence-electron chi connectivity index (χ0n) is 20.2. The Labute approximate surface area is 213 Å². The molecule has 1 aromatic carbocycles. The second-order valence-electron chi connectivity index (χ2n) is 8.82. The average Bonchev–Trinajstić information content (AvgIpc) is 3.47. The Morgan fingerprint density at radius 3 is 2.76 bits per heavy atom. The van der Waals surface area contributed by atoms with Gasteiger partial charge in [0.2, 0.25) is 0 Å². The molecule has 0 spiro atoms. The molecule has 9 nitrogen and oxygen atoms in total. The highest BCUT2D eigenvalue weighted by molar-refractivity contribution is 7.17. The number of carboxylic acid groups (broad SMARTS) is 1. The molecule has 0 unspecified atom stereocenters. The minimum Gasteiger partial charge on any atom is -0.490 e. The van der Waals surface area contributed by atoms with E-state index in [-0.39, 0.29) is 41.8 Å². The Bertz CT molecular complexity index is 1560. The highest BCUT2D eigenvalue weighted by Gasteiger charge is 2.35. The molecule has 1 amide bonds. The number of fused-ring (bicyclic) bond motifs is 2. The monoisotopic (exact) mass is 530 g/mol. The van der Waals surface area contributed by atoms with Crippen molar-refractivity contribution in [2.75, 3.05) is 20.3 Å². The van der Waals surface area contributed by atoms with Gasteiger partial charge in [0, 0.05) is 24.8 Å². The summed E-state index contributed by atoms with van der Waals surface area (Å²) in [5.74, 6) is -1.71. The van der Waals surface area contributed by atoms with Gasteiger partial charge >= 0.3 is 6.09 Å². The van der Waals surface area contributed by atoms with Crippen LogP contribution in [0.25, 0.3) is 32.6 Å². The lowest BCUT2D eigenvalue weighted by Crippen LogP contribution is -2.46. The Morgan fingerprint density at radius 2 is 2.03 bits per heavy atom. The molecule has 12 heteroatoms. The van der Waals surface area contributed by atoms with E-state index in [2.05, 4.69) is 10.1 Å². The van der Waals surface area contributed by atoms with Gasteiger partial charge < -0.3 is 19.6 Å². The number of halogens is 2. The number of hydrogen-bond acceptors (Lipinski definition) is 6. The highest BCUT2D eigenvalue weighted by atomic mass is 32.1. The number of nitrogens with zero attached hydrogens (tertiary/aromatic N) is 3. The van der Waals surface area contributed by atoms with Gasteiger partial charge in [-0.1, -0.05) is 0 Å². The van der Waals surface area contributed by atoms with Crippen LogP contribution in [0.4, 0.5) is 13.6 Å². The first-order chi connectivity index (χ1) is 17.7. The van der Waals surface area contributed by atoms with Gasteiger partial charge in [-0.05, 0) is 31.4 Å². The molecule has 37 heavy (non-hydrogen) atoms. The normalized spacial score (nSPS) is 17.3. The minimum absolute atomic E-state index is 0.0178. The van der Waals surface area contributed by atoms with Crippen LogP contribution in [0.3, 0.4) is 0 Å². The van der Waals surface area contributed by atoms with Gasteiger partial charge in [-0.3, -0.25) is 14.4 Å². The second-order valence-corrected chi connectivity index (χ2v) is 9.74. The molecule has 1 aliphatic rings. The summed E-state index contributed by atoms with van der Waals surface area (Å²) in [6.07, 6.45) is -1.05. The van der Waals surface area contributed by atoms with Crippen molar-refractivity contribution in [3.05, 3.63) is 57.3 Å². The lowest BCUT2D eigenvalue weighted by Gasteiger charge is -2.37. The van der Waals surface area contributed by atoms with E-state index in [0.29, 0.717) is 33.6 Å². The molecule has 194 valence electrons. The van der Waals surface area contributed by atoms with Crippen molar-refractivity contribution < 1.29 is 28.2 Å². The summed E-state index contributed by atoms with van der Waals surface area (Å²) in [7, 11) is 1.49. The predicted molar refractivity (Wildman–Crippen MR) is 134 cm³/mol. The third-order valence-corrected chi connectivity index (χ3v) is 7.42. The van der Waals surface area contributed by atoms with Crippen LogP contribution in [0.2, 0.25) is 0 Å². The van der Waals surface area contributed by atoms with Gasteiger partial charge in [0.25, 0.3) is 5.56 Å². The van der Waals surface area contributed by atoms with Crippen molar-refractivity contribution in [2.24, 2.45) is 0 Å². The number of methoxy groups -OCH3 is 1. The smallest absolute Gasteiger partial charge is 0.408 e. The summed E-state index contributed by atoms with van der Waals surface area (Å²) in [5, 5.41) is 16.4. The average molecular weight is 531 g/mol. The van der Waals surface area contributed by atoms with Gasteiger partial charge in [-0.25, -0.2) is 13.6 Å². The van der Waals surface area contributed by atoms with E-state index in [9.17, 15) is 19.1 Å². The number of aromatic nitrogens is 3. The van der Waals surface area contributed by atoms with Crippen LogP contribution in [0.5, 0.6) is 5.75 Å². The summed E-state index contributed by atoms with van der Waals surface area (Å²) in [6, 6.07) is 4.34. The molecule has 0 saturated heterocycles. The predicted octanol–water partition coefficient (Wildman–Crippen LogP) is 4.87. The van der Waals surface area contributed by atoms with E-state index in [1.807, 2.05) is 0 Å². The molecule has 0 bridgehead atoms. The molecule has 2 N–H and O–H groups in total. The third kappa shape index (κ3) is 4.25. The van der Waals surface area contributed by atoms with Crippen LogP contribution in [0.15, 0.2) is 34.4 Å². The number of hydrogen-bond donors (Lipinski definition) is 2. The standard InChI is InChI=1S/C25H24F2N4O5S/c1-12-11-30-18(13(2)31(12)25(33)34)10-17(29-30)22-21(23-15(4-7-37-23)24(32)28-22)20-16(27)8-14(26)9-19(20)36-6-5-35-3/h4,7-10,12-13H,5-6,11H2,1-3H3,(H,28,32)(H,33,34)/t12-,13+/m1/s1. The Kier molecular flexibility index (Phi) is 6.46. The maximum Gasteiger partial charge on any atom is 0.408 e. The van der Waals surface area contributed by atoms with Crippen LogP contribution in [-0.2, 0) is 11.3 Å². The fraction of sp³-hybridized carbons (Fsp3) is 0.320. The van der Waals surface area contributed by atoms with Crippen LogP contribution in [-0.4, -0.2) is 57.2 Å². The first-order valence-corrected chi connectivity index (χ1v) is 12.4. The molecule has 0 aliphatic carbocycles. The summed E-state index contributed by atoms with van der Waals surface area (Å²) >= 11 is 1.24. The van der Waals surface area contributed by atoms with E-state index < -0.39 is 23.8 Å². The quantitative estimate of drug-likeness (QED) is 0.345. The topological polar surface area (TPSA) is 110 Å². The zero-order chi connectivity index (χ0) is 26.4. The number of amides is 1. The molecule has 1 aliphatic heterocycles. The van der Waals surface area contributed by atoms with Gasteiger partial charge in [0.05, 0.1) is 52.3 Å². The molecule has 4 aromatic rings. The molecule has 5 rings (SSSR count). The number of thiophene rings is 1. The van der Waals surface area contributed by atoms with Gasteiger partial charge in [0.1, 0.15) is 29.7 Å². The second kappa shape index (κ2) is 9.60. The van der Waals surface area contributed by atoms with E-state index in [0.717, 1.165) is 12.1 Å². The van der Waals surface area contributed by atoms with Gasteiger partial charge in [0.15, 0.2) is 0 Å². The number of pyridine rings is 1. The molecular weight excluding hydrogens is 506 g/mol. The lowest BCUT2D eigenvalue weighted by molar-refractivity contribution is 0.0836. The van der Waals surface area contributed by atoms with Crippen LogP contribution >= 0.6 is 11.3 Å². The molecule has 2 atom stereocenters. The Balaban J connectivity index is 1.76. The van der Waals surface area contributed by atoms with Crippen molar-refractivity contribution in [2.45, 2.75) is 32.5 Å². The fourth-order valence-electron chi connectivity index (χ4n) is 4.86. The largest absolute Gasteiger partial charge is 0.490 e. The Morgan fingerprint density at radius 1 is 1.24 bits per heavy atom. The van der Waals surface area contributed by atoms with Gasteiger partial charge in [-0.15, -0.1) is 11.3 Å². The highest BCUT2D eigenvalue weighted by Crippen LogP contribution is 2.44. The summed E-state index contributed by atoms with van der Waals surface area (Å²) in [6.45, 7) is 4.11. The first kappa shape index (κ1) is 24.9. The number of aromatic amines is 1. The van der Waals surface area contributed by atoms with Crippen LogP contribution in [0, 0.1) is 11.6 Å². The molecule has 0 fully saturated rings. The van der Waals surface area contributed by atoms with Crippen molar-refractivity contribution >= 4 is 27.5 Å². The summed E-state index contributed by atoms with van der Waals surface area (Å²) in [5.41, 5.74) is 1.08. The SMILES string of the molecule is COCCOc1cc(F)cc(F)c1-c1c(-c2cc3n(n2)C[C@@H](C)N(C(=O)O)[C@H]3C)[nH]c(=O)c2ccsc12. The first-order valence-electron chi connectivity index (χ1n) is 11.5. The summed E-state index contributed by atoms with van der Waals surface area (Å²) in [4.78, 5) is 29.0. The van der Waals surface area contributed by atoms with E-state index in [1.54, 1.807) is 36.0 Å². The zero-order valence-corrected chi connectivity index (χ0v) is 21.1. The van der Waals surface area contributed by atoms with Crippen molar-refractivity contribution in [3.8, 4) is 28.3 Å². The van der Waals surface area contributed by atoms with E-state index in [4.69, 9.17) is 9.47 Å². The molecule has 4 heterocycles. The van der Waals surface area contributed by atoms with Crippen molar-refractivity contribution in [3.63, 3.8) is 0 Å². The van der Waals surface area contributed by atoms with Crippen LogP contribution in [0.1, 0.15) is 25.6 Å². The van der Waals surface area contributed by atoms with Crippen LogP contribution < -0.4 is 10.3 Å². The maximum absolute atomic E-state index is 15.5. The molecule has 0 radical (unpaired) electrons. The minimum atomic E-state index is -1.05. The number of nitrogens with one attached hydrogen (secondary N) is 1. The van der Waals surface area contributed by atoms with Crippen molar-refractivity contribution in [1.82, 2.24) is 19.7 Å². The fourth-order valence-corrected chi connectivity index (χ4v) is 5.81. The third-order valence-electron chi connectivity index (χ3n) is 6.48. The number of carbonyl (C=O) groups is 1. The van der Waals surface area contributed by atoms with E-state index >= 15 is 4.39 Å². The lowest BCUT2D eigenvalue weighted by atomic mass is 9.98. The maximum atomic E-state index is 15.5. The molecule has 3 aromatic heterocycles. The summed E-state index contributed by atoms with van der Waals surface area (Å²) < 4.78 is 42.6.